The van der Waals surface area contributed by atoms with Gasteiger partial charge in [0.2, 0.25) is 0 Å². The highest BCUT2D eigenvalue weighted by Gasteiger charge is 2.40. The van der Waals surface area contributed by atoms with Crippen LogP contribution in [0.25, 0.3) is 11.1 Å². The van der Waals surface area contributed by atoms with Crippen molar-refractivity contribution in [3.63, 3.8) is 0 Å². The highest BCUT2D eigenvalue weighted by molar-refractivity contribution is 5.76. The first-order valence-corrected chi connectivity index (χ1v) is 22.6. The maximum Gasteiger partial charge on any atom is 0.141 e. The van der Waals surface area contributed by atoms with Crippen LogP contribution in [0.3, 0.4) is 0 Å². The Morgan fingerprint density at radius 3 is 1.02 bits per heavy atom. The molecule has 0 heterocycles. The Morgan fingerprint density at radius 1 is 0.403 bits per heavy atom. The van der Waals surface area contributed by atoms with Gasteiger partial charge in [0.15, 0.2) is 0 Å². The van der Waals surface area contributed by atoms with Crippen LogP contribution in [-0.2, 0) is 11.2 Å². The third-order valence-corrected chi connectivity index (χ3v) is 12.1. The second kappa shape index (κ2) is 22.0. The number of aliphatic hydroxyl groups is 2. The predicted octanol–water partition coefficient (Wildman–Crippen LogP) is 13.4. The molecule has 0 spiro atoms. The number of hydrogen-bond donors (Lipinski definition) is 2. The summed E-state index contributed by atoms with van der Waals surface area (Å²) in [5, 5.41) is 26.9. The van der Waals surface area contributed by atoms with Gasteiger partial charge in [-0.3, -0.25) is 0 Å². The summed E-state index contributed by atoms with van der Waals surface area (Å²) in [7, 11) is 3.26. The Balaban J connectivity index is 1.47. The molecule has 62 heavy (non-hydrogen) atoms. The minimum absolute atomic E-state index is 0.0746. The summed E-state index contributed by atoms with van der Waals surface area (Å²) in [5.41, 5.74) is 2.30. The van der Waals surface area contributed by atoms with E-state index < -0.39 is 11.2 Å². The molecule has 0 bridgehead atoms. The first kappa shape index (κ1) is 46.0. The molecule has 6 rings (SSSR count). The number of benzene rings is 6. The summed E-state index contributed by atoms with van der Waals surface area (Å²) in [5.74, 6) is 2.90. The van der Waals surface area contributed by atoms with Gasteiger partial charge in [-0.25, -0.2) is 0 Å². The molecule has 0 aliphatic carbocycles. The Bertz CT molecular complexity index is 2130. The smallest absolute Gasteiger partial charge is 0.141 e. The first-order chi connectivity index (χ1) is 30.1. The molecule has 2 N–H and O–H groups in total. The van der Waals surface area contributed by atoms with E-state index in [1.165, 1.54) is 38.5 Å². The van der Waals surface area contributed by atoms with E-state index in [-0.39, 0.29) is 12.2 Å². The lowest BCUT2D eigenvalue weighted by molar-refractivity contribution is 0.124. The molecule has 0 fully saturated rings. The molecule has 0 aliphatic rings. The van der Waals surface area contributed by atoms with Crippen LogP contribution in [0.1, 0.15) is 125 Å². The van der Waals surface area contributed by atoms with Gasteiger partial charge in [0.25, 0.3) is 0 Å². The molecule has 0 saturated carbocycles. The lowest BCUT2D eigenvalue weighted by Gasteiger charge is -2.35. The monoisotopic (exact) mass is 834 g/mol. The van der Waals surface area contributed by atoms with Crippen LogP contribution in [0, 0.1) is 0 Å². The fourth-order valence-corrected chi connectivity index (χ4v) is 8.54. The third-order valence-electron chi connectivity index (χ3n) is 12.1. The summed E-state index contributed by atoms with van der Waals surface area (Å²) in [6.07, 6.45) is 11.7. The van der Waals surface area contributed by atoms with Crippen LogP contribution < -0.4 is 18.9 Å². The minimum atomic E-state index is -1.63. The van der Waals surface area contributed by atoms with Gasteiger partial charge in [-0.2, -0.15) is 0 Å². The summed E-state index contributed by atoms with van der Waals surface area (Å²) < 4.78 is 23.8. The van der Waals surface area contributed by atoms with Gasteiger partial charge in [0.05, 0.1) is 26.4 Å². The third kappa shape index (κ3) is 10.7. The quantitative estimate of drug-likeness (QED) is 0.0494. The predicted molar refractivity (Wildman–Crippen MR) is 253 cm³/mol. The minimum Gasteiger partial charge on any atom is -0.497 e. The Hall–Kier alpha value is -5.56. The van der Waals surface area contributed by atoms with Crippen molar-refractivity contribution < 1.29 is 29.2 Å². The van der Waals surface area contributed by atoms with Crippen molar-refractivity contribution in [3.8, 4) is 34.1 Å². The second-order valence-corrected chi connectivity index (χ2v) is 16.6. The molecule has 6 aromatic rings. The van der Waals surface area contributed by atoms with Gasteiger partial charge >= 0.3 is 0 Å². The molecule has 0 aromatic heterocycles. The SMILES string of the molecule is CCCCCC[C@@H](C)Oc1ccc(C(O)(c2ccc(O[C@H](C)CCCCCC)cc2)c2ccccc2-c2ccccc2C(O)(c2ccc(OC)cc2)c2ccc(OC)cc2)cc1. The zero-order chi connectivity index (χ0) is 44.0. The van der Waals surface area contributed by atoms with E-state index in [0.29, 0.717) is 44.9 Å². The van der Waals surface area contributed by atoms with Crippen molar-refractivity contribution in [2.75, 3.05) is 14.2 Å². The molecule has 326 valence electrons. The van der Waals surface area contributed by atoms with Crippen molar-refractivity contribution in [3.05, 3.63) is 179 Å². The largest absolute Gasteiger partial charge is 0.497 e. The number of unbranched alkanes of at least 4 members (excludes halogenated alkanes) is 6. The van der Waals surface area contributed by atoms with Crippen LogP contribution in [-0.4, -0.2) is 36.6 Å². The van der Waals surface area contributed by atoms with Gasteiger partial charge in [0.1, 0.15) is 34.2 Å². The number of hydrogen-bond acceptors (Lipinski definition) is 6. The first-order valence-electron chi connectivity index (χ1n) is 22.6. The van der Waals surface area contributed by atoms with Crippen molar-refractivity contribution in [1.82, 2.24) is 0 Å². The van der Waals surface area contributed by atoms with Crippen LogP contribution >= 0.6 is 0 Å². The Labute approximate surface area is 370 Å². The maximum atomic E-state index is 13.6. The topological polar surface area (TPSA) is 77.4 Å². The molecular weight excluding hydrogens is 769 g/mol. The van der Waals surface area contributed by atoms with E-state index in [9.17, 15) is 10.2 Å². The molecule has 0 amide bonds. The standard InChI is InChI=1S/C56H66O6/c1-7-9-11-13-19-41(3)61-49-37-29-45(30-38-49)56(58,46-31-39-50(40-32-46)62-42(4)20-14-12-10-8-2)54-24-18-16-22-52(54)51-21-15-17-23-53(51)55(57,43-25-33-47(59-5)34-26-43)44-27-35-48(60-6)36-28-44/h15-18,21-42,57-58H,7-14,19-20H2,1-6H3/t41-,42-/m1/s1. The fourth-order valence-electron chi connectivity index (χ4n) is 8.54. The van der Waals surface area contributed by atoms with E-state index in [2.05, 4.69) is 27.7 Å². The van der Waals surface area contributed by atoms with E-state index >= 15 is 0 Å². The van der Waals surface area contributed by atoms with Gasteiger partial charge < -0.3 is 29.2 Å². The molecular formula is C56H66O6. The molecule has 0 aliphatic heterocycles. The van der Waals surface area contributed by atoms with Crippen molar-refractivity contribution in [2.24, 2.45) is 0 Å². The number of ether oxygens (including phenoxy) is 4. The summed E-state index contributed by atoms with van der Waals surface area (Å²) in [4.78, 5) is 0. The van der Waals surface area contributed by atoms with Crippen LogP contribution in [0.5, 0.6) is 23.0 Å². The summed E-state index contributed by atoms with van der Waals surface area (Å²) in [6.45, 7) is 8.70. The molecule has 6 nitrogen and oxygen atoms in total. The average Bonchev–Trinajstić information content (AvgIpc) is 3.32. The van der Waals surface area contributed by atoms with Gasteiger partial charge in [0, 0.05) is 11.1 Å². The zero-order valence-corrected chi connectivity index (χ0v) is 37.6. The summed E-state index contributed by atoms with van der Waals surface area (Å²) in [6, 6.07) is 46.6. The van der Waals surface area contributed by atoms with Gasteiger partial charge in [-0.1, -0.05) is 149 Å². The van der Waals surface area contributed by atoms with E-state index in [1.54, 1.807) is 14.2 Å². The number of rotatable bonds is 23. The van der Waals surface area contributed by atoms with Gasteiger partial charge in [-0.15, -0.1) is 0 Å². The maximum absolute atomic E-state index is 13.6. The van der Waals surface area contributed by atoms with Crippen LogP contribution in [0.15, 0.2) is 146 Å². The van der Waals surface area contributed by atoms with Crippen molar-refractivity contribution >= 4 is 0 Å². The Morgan fingerprint density at radius 2 is 0.710 bits per heavy atom. The molecule has 0 unspecified atom stereocenters. The van der Waals surface area contributed by atoms with Crippen LogP contribution in [0.4, 0.5) is 0 Å². The average molecular weight is 835 g/mol. The van der Waals surface area contributed by atoms with E-state index in [0.717, 1.165) is 48.3 Å². The Kier molecular flexibility index (Phi) is 16.3. The van der Waals surface area contributed by atoms with E-state index in [1.807, 2.05) is 146 Å². The van der Waals surface area contributed by atoms with Crippen molar-refractivity contribution in [1.29, 1.82) is 0 Å². The second-order valence-electron chi connectivity index (χ2n) is 16.6. The van der Waals surface area contributed by atoms with E-state index in [4.69, 9.17) is 18.9 Å². The zero-order valence-electron chi connectivity index (χ0n) is 37.6. The van der Waals surface area contributed by atoms with Crippen LogP contribution in [0.2, 0.25) is 0 Å². The van der Waals surface area contributed by atoms with Gasteiger partial charge in [-0.05, 0) is 121 Å². The molecule has 6 heteroatoms. The number of methoxy groups -OCH3 is 2. The lowest BCUT2D eigenvalue weighted by Crippen LogP contribution is -2.31. The normalized spacial score (nSPS) is 12.7. The fraction of sp³-hybridized carbons (Fsp3) is 0.357. The molecule has 0 radical (unpaired) electrons. The summed E-state index contributed by atoms with van der Waals surface area (Å²) >= 11 is 0. The lowest BCUT2D eigenvalue weighted by atomic mass is 9.73. The molecule has 0 saturated heterocycles. The van der Waals surface area contributed by atoms with Crippen molar-refractivity contribution in [2.45, 2.75) is 115 Å². The highest BCUT2D eigenvalue weighted by atomic mass is 16.5. The highest BCUT2D eigenvalue weighted by Crippen LogP contribution is 2.47. The molecule has 6 aromatic carbocycles. The molecule has 2 atom stereocenters.